The lowest BCUT2D eigenvalue weighted by Crippen LogP contribution is -2.34. The van der Waals surface area contributed by atoms with Crippen LogP contribution in [0.5, 0.6) is 0 Å². The monoisotopic (exact) mass is 346 g/mol. The molecule has 1 saturated heterocycles. The lowest BCUT2D eigenvalue weighted by Gasteiger charge is -2.25. The largest absolute Gasteiger partial charge is 0.341 e. The molecule has 2 unspecified atom stereocenters. The maximum Gasteiger partial charge on any atom is 0.255 e. The third kappa shape index (κ3) is 3.19. The number of amides is 1. The zero-order chi connectivity index (χ0) is 17.9. The number of carbonyl (C=O) groups excluding carboxylic acids is 1. The van der Waals surface area contributed by atoms with Crippen LogP contribution in [0.15, 0.2) is 66.9 Å². The predicted molar refractivity (Wildman–Crippen MR) is 103 cm³/mol. The summed E-state index contributed by atoms with van der Waals surface area (Å²) >= 11 is 0. The van der Waals surface area contributed by atoms with E-state index >= 15 is 0 Å². The molecule has 132 valence electrons. The summed E-state index contributed by atoms with van der Waals surface area (Å²) in [6.45, 7) is 1.49. The Kier molecular flexibility index (Phi) is 4.65. The molecule has 0 aliphatic carbocycles. The van der Waals surface area contributed by atoms with Crippen molar-refractivity contribution in [3.05, 3.63) is 78.0 Å². The zero-order valence-corrected chi connectivity index (χ0v) is 14.7. The Hall–Kier alpha value is -2.76. The van der Waals surface area contributed by atoms with E-state index in [-0.39, 0.29) is 11.9 Å². The molecular weight excluding hydrogens is 324 g/mol. The number of pyridine rings is 1. The highest BCUT2D eigenvalue weighted by molar-refractivity contribution is 6.05. The van der Waals surface area contributed by atoms with E-state index in [9.17, 15) is 4.79 Å². The fraction of sp³-hybridized carbons (Fsp3) is 0.238. The molecule has 5 nitrogen and oxygen atoms in total. The van der Waals surface area contributed by atoms with Gasteiger partial charge in [-0.25, -0.2) is 5.43 Å². The highest BCUT2D eigenvalue weighted by Crippen LogP contribution is 2.26. The molecule has 3 aromatic rings. The summed E-state index contributed by atoms with van der Waals surface area (Å²) in [4.78, 5) is 19.2. The molecule has 1 aliphatic heterocycles. The molecular formula is C21H22N4O. The van der Waals surface area contributed by atoms with Gasteiger partial charge < -0.3 is 4.90 Å². The normalized spacial score (nSPS) is 19.6. The highest BCUT2D eigenvalue weighted by atomic mass is 16.2. The third-order valence-electron chi connectivity index (χ3n) is 4.97. The Morgan fingerprint density at radius 1 is 1.12 bits per heavy atom. The number of nitrogens with one attached hydrogen (secondary N) is 2. The average Bonchev–Trinajstić information content (AvgIpc) is 3.15. The van der Waals surface area contributed by atoms with Crippen LogP contribution in [0.25, 0.3) is 10.9 Å². The molecule has 0 saturated carbocycles. The maximum atomic E-state index is 13.0. The maximum absolute atomic E-state index is 13.0. The van der Waals surface area contributed by atoms with Gasteiger partial charge in [0.2, 0.25) is 0 Å². The third-order valence-corrected chi connectivity index (χ3v) is 4.97. The van der Waals surface area contributed by atoms with E-state index in [4.69, 9.17) is 0 Å². The number of hydrogen-bond acceptors (Lipinski definition) is 4. The first kappa shape index (κ1) is 16.7. The Balaban J connectivity index is 1.54. The van der Waals surface area contributed by atoms with Crippen LogP contribution in [0.4, 0.5) is 0 Å². The van der Waals surface area contributed by atoms with Crippen molar-refractivity contribution in [2.75, 3.05) is 20.1 Å². The van der Waals surface area contributed by atoms with Gasteiger partial charge in [-0.3, -0.25) is 15.2 Å². The van der Waals surface area contributed by atoms with Crippen LogP contribution in [-0.4, -0.2) is 35.9 Å². The van der Waals surface area contributed by atoms with E-state index in [1.165, 1.54) is 5.56 Å². The highest BCUT2D eigenvalue weighted by Gasteiger charge is 2.30. The second-order valence-electron chi connectivity index (χ2n) is 6.74. The van der Waals surface area contributed by atoms with Gasteiger partial charge in [-0.15, -0.1) is 0 Å². The van der Waals surface area contributed by atoms with Gasteiger partial charge in [-0.1, -0.05) is 48.5 Å². The van der Waals surface area contributed by atoms with Crippen molar-refractivity contribution in [2.45, 2.75) is 6.04 Å². The summed E-state index contributed by atoms with van der Waals surface area (Å²) in [5.41, 5.74) is 9.21. The van der Waals surface area contributed by atoms with Crippen molar-refractivity contribution in [3.63, 3.8) is 0 Å². The number of aromatic nitrogens is 1. The number of benzene rings is 2. The molecule has 1 fully saturated rings. The van der Waals surface area contributed by atoms with Gasteiger partial charge in [-0.05, 0) is 17.7 Å². The molecule has 0 bridgehead atoms. The Labute approximate surface area is 153 Å². The first-order valence-corrected chi connectivity index (χ1v) is 8.86. The molecule has 1 aliphatic rings. The number of hydrazine groups is 1. The molecule has 0 radical (unpaired) electrons. The van der Waals surface area contributed by atoms with E-state index in [1.807, 2.05) is 55.6 Å². The minimum absolute atomic E-state index is 0.00742. The van der Waals surface area contributed by atoms with E-state index in [2.05, 4.69) is 28.0 Å². The summed E-state index contributed by atoms with van der Waals surface area (Å²) in [5, 5.41) is 0.984. The molecule has 4 rings (SSSR count). The topological polar surface area (TPSA) is 57.3 Å². The van der Waals surface area contributed by atoms with E-state index in [1.54, 1.807) is 11.1 Å². The smallest absolute Gasteiger partial charge is 0.255 e. The Morgan fingerprint density at radius 2 is 1.92 bits per heavy atom. The van der Waals surface area contributed by atoms with Crippen LogP contribution in [0.3, 0.4) is 0 Å². The Morgan fingerprint density at radius 3 is 2.77 bits per heavy atom. The van der Waals surface area contributed by atoms with Gasteiger partial charge in [-0.2, -0.15) is 0 Å². The number of fused-ring (bicyclic) bond motifs is 1. The molecule has 2 heterocycles. The van der Waals surface area contributed by atoms with E-state index in [0.29, 0.717) is 18.0 Å². The molecule has 0 spiro atoms. The van der Waals surface area contributed by atoms with Crippen molar-refractivity contribution in [1.82, 2.24) is 20.7 Å². The van der Waals surface area contributed by atoms with Gasteiger partial charge in [0.25, 0.3) is 5.91 Å². The zero-order valence-electron chi connectivity index (χ0n) is 14.7. The molecule has 2 N–H and O–H groups in total. The number of nitrogens with zero attached hydrogens (tertiary/aromatic N) is 2. The van der Waals surface area contributed by atoms with Crippen LogP contribution in [0.2, 0.25) is 0 Å². The fourth-order valence-electron chi connectivity index (χ4n) is 3.64. The standard InChI is InChI=1S/C21H22N4O/c1-25(14-17-13-23-24-19(17)15-7-3-2-4-8-15)21(26)18-11-5-9-16-10-6-12-22-20(16)18/h2-12,17,19,23-24H,13-14H2,1H3. The lowest BCUT2D eigenvalue weighted by molar-refractivity contribution is 0.0773. The van der Waals surface area contributed by atoms with E-state index < -0.39 is 0 Å². The predicted octanol–water partition coefficient (Wildman–Crippen LogP) is 2.77. The molecule has 26 heavy (non-hydrogen) atoms. The summed E-state index contributed by atoms with van der Waals surface area (Å²) in [6.07, 6.45) is 1.73. The Bertz CT molecular complexity index is 907. The van der Waals surface area contributed by atoms with Crippen LogP contribution < -0.4 is 10.9 Å². The molecule has 2 atom stereocenters. The van der Waals surface area contributed by atoms with Crippen molar-refractivity contribution >= 4 is 16.8 Å². The lowest BCUT2D eigenvalue weighted by atomic mass is 9.94. The summed E-state index contributed by atoms with van der Waals surface area (Å²) in [6, 6.07) is 20.2. The van der Waals surface area contributed by atoms with Crippen LogP contribution >= 0.6 is 0 Å². The summed E-state index contributed by atoms with van der Waals surface area (Å²) in [7, 11) is 1.87. The summed E-state index contributed by atoms with van der Waals surface area (Å²) in [5.74, 6) is 0.308. The van der Waals surface area contributed by atoms with E-state index in [0.717, 1.165) is 17.4 Å². The van der Waals surface area contributed by atoms with Gasteiger partial charge in [0.05, 0.1) is 17.1 Å². The number of para-hydroxylation sites is 1. The van der Waals surface area contributed by atoms with Crippen molar-refractivity contribution in [2.24, 2.45) is 5.92 Å². The number of carbonyl (C=O) groups is 1. The van der Waals surface area contributed by atoms with Crippen molar-refractivity contribution in [1.29, 1.82) is 0 Å². The van der Waals surface area contributed by atoms with Gasteiger partial charge in [0, 0.05) is 37.6 Å². The van der Waals surface area contributed by atoms with Gasteiger partial charge in [0.1, 0.15) is 0 Å². The molecule has 1 amide bonds. The van der Waals surface area contributed by atoms with Crippen LogP contribution in [-0.2, 0) is 0 Å². The van der Waals surface area contributed by atoms with Crippen molar-refractivity contribution < 1.29 is 4.79 Å². The average molecular weight is 346 g/mol. The van der Waals surface area contributed by atoms with Gasteiger partial charge >= 0.3 is 0 Å². The summed E-state index contributed by atoms with van der Waals surface area (Å²) < 4.78 is 0. The quantitative estimate of drug-likeness (QED) is 0.763. The second-order valence-corrected chi connectivity index (χ2v) is 6.74. The molecule has 1 aromatic heterocycles. The first-order valence-electron chi connectivity index (χ1n) is 8.86. The number of hydrogen-bond donors (Lipinski definition) is 2. The first-order chi connectivity index (χ1) is 12.7. The second kappa shape index (κ2) is 7.23. The van der Waals surface area contributed by atoms with Gasteiger partial charge in [0.15, 0.2) is 0 Å². The van der Waals surface area contributed by atoms with Crippen molar-refractivity contribution in [3.8, 4) is 0 Å². The molecule has 2 aromatic carbocycles. The SMILES string of the molecule is CN(CC1CNNC1c1ccccc1)C(=O)c1cccc2cccnc12. The fourth-order valence-corrected chi connectivity index (χ4v) is 3.64. The minimum atomic E-state index is 0.00742. The minimum Gasteiger partial charge on any atom is -0.341 e. The van der Waals surface area contributed by atoms with Crippen LogP contribution in [0, 0.1) is 5.92 Å². The number of rotatable bonds is 4. The molecule has 5 heteroatoms. The van der Waals surface area contributed by atoms with Crippen LogP contribution in [0.1, 0.15) is 22.0 Å².